The average molecular weight is 255 g/mol. The summed E-state index contributed by atoms with van der Waals surface area (Å²) in [7, 11) is 0. The number of benzene rings is 1. The molecule has 0 amide bonds. The zero-order valence-corrected chi connectivity index (χ0v) is 10.8. The third-order valence-electron chi connectivity index (χ3n) is 2.10. The van der Waals surface area contributed by atoms with E-state index in [1.807, 2.05) is 31.2 Å². The van der Waals surface area contributed by atoms with Crippen LogP contribution in [0.5, 0.6) is 0 Å². The van der Waals surface area contributed by atoms with Crippen molar-refractivity contribution < 1.29 is 0 Å². The molecule has 1 atom stereocenters. The van der Waals surface area contributed by atoms with Crippen molar-refractivity contribution in [3.05, 3.63) is 29.3 Å². The second-order valence-corrected chi connectivity index (χ2v) is 4.94. The van der Waals surface area contributed by atoms with Crippen LogP contribution >= 0.6 is 23.4 Å². The molecule has 1 aromatic carbocycles. The normalized spacial score (nSPS) is 12.1. The second kappa shape index (κ2) is 7.56. The topological polar surface area (TPSA) is 35.8 Å². The summed E-state index contributed by atoms with van der Waals surface area (Å²) in [5, 5.41) is 12.7. The fraction of sp³-hybridized carbons (Fsp3) is 0.417. The van der Waals surface area contributed by atoms with Crippen molar-refractivity contribution >= 4 is 23.4 Å². The zero-order chi connectivity index (χ0) is 11.8. The van der Waals surface area contributed by atoms with E-state index in [4.69, 9.17) is 16.9 Å². The predicted octanol–water partition coefficient (Wildman–Crippen LogP) is 3.32. The van der Waals surface area contributed by atoms with Gasteiger partial charge in [-0.1, -0.05) is 18.5 Å². The van der Waals surface area contributed by atoms with E-state index in [1.54, 1.807) is 11.8 Å². The summed E-state index contributed by atoms with van der Waals surface area (Å²) in [4.78, 5) is 1.19. The van der Waals surface area contributed by atoms with Crippen molar-refractivity contribution in [1.82, 2.24) is 5.32 Å². The van der Waals surface area contributed by atoms with Crippen LogP contribution in [0, 0.1) is 11.3 Å². The number of halogens is 1. The lowest BCUT2D eigenvalue weighted by Crippen LogP contribution is -2.27. The van der Waals surface area contributed by atoms with Gasteiger partial charge in [0.15, 0.2) is 0 Å². The first kappa shape index (κ1) is 13.4. The summed E-state index contributed by atoms with van der Waals surface area (Å²) in [6.45, 7) is 2.85. The van der Waals surface area contributed by atoms with Crippen LogP contribution in [0.15, 0.2) is 29.2 Å². The fourth-order valence-electron chi connectivity index (χ4n) is 1.28. The molecule has 1 N–H and O–H groups in total. The van der Waals surface area contributed by atoms with E-state index in [2.05, 4.69) is 11.4 Å². The van der Waals surface area contributed by atoms with Crippen LogP contribution in [0.25, 0.3) is 0 Å². The minimum absolute atomic E-state index is 0.0372. The lowest BCUT2D eigenvalue weighted by molar-refractivity contribution is 0.613. The van der Waals surface area contributed by atoms with Gasteiger partial charge in [0.1, 0.15) is 0 Å². The van der Waals surface area contributed by atoms with Crippen molar-refractivity contribution in [3.8, 4) is 6.07 Å². The van der Waals surface area contributed by atoms with E-state index < -0.39 is 0 Å². The molecule has 0 spiro atoms. The van der Waals surface area contributed by atoms with Gasteiger partial charge < -0.3 is 5.32 Å². The largest absolute Gasteiger partial charge is 0.302 e. The Morgan fingerprint density at radius 3 is 2.69 bits per heavy atom. The van der Waals surface area contributed by atoms with E-state index in [9.17, 15) is 0 Å². The van der Waals surface area contributed by atoms with Crippen LogP contribution in [-0.2, 0) is 0 Å². The molecule has 0 aliphatic heterocycles. The molecule has 0 saturated carbocycles. The Kier molecular flexibility index (Phi) is 6.32. The van der Waals surface area contributed by atoms with Crippen LogP contribution in [0.2, 0.25) is 5.02 Å². The van der Waals surface area contributed by atoms with Gasteiger partial charge in [0, 0.05) is 15.7 Å². The Morgan fingerprint density at radius 1 is 1.44 bits per heavy atom. The van der Waals surface area contributed by atoms with Gasteiger partial charge in [-0.3, -0.25) is 0 Å². The smallest absolute Gasteiger partial charge is 0.0960 e. The summed E-state index contributed by atoms with van der Waals surface area (Å²) in [5.74, 6) is 0.937. The minimum Gasteiger partial charge on any atom is -0.302 e. The van der Waals surface area contributed by atoms with Crippen molar-refractivity contribution in [3.63, 3.8) is 0 Å². The van der Waals surface area contributed by atoms with Gasteiger partial charge in [0.05, 0.1) is 12.1 Å². The second-order valence-electron chi connectivity index (χ2n) is 3.33. The van der Waals surface area contributed by atoms with Crippen LogP contribution < -0.4 is 5.32 Å². The third kappa shape index (κ3) is 4.89. The molecule has 0 bridgehead atoms. The maximum Gasteiger partial charge on any atom is 0.0960 e. The quantitative estimate of drug-likeness (QED) is 0.791. The standard InChI is InChI=1S/C12H15ClN2S/c1-2-15-11(9-14)7-8-16-12-5-3-10(13)4-6-12/h3-6,11,15H,2,7-8H2,1H3. The number of thioether (sulfide) groups is 1. The molecule has 0 aromatic heterocycles. The number of nitrogens with zero attached hydrogens (tertiary/aromatic N) is 1. The lowest BCUT2D eigenvalue weighted by Gasteiger charge is -2.08. The molecule has 0 fully saturated rings. The van der Waals surface area contributed by atoms with Gasteiger partial charge in [0.2, 0.25) is 0 Å². The van der Waals surface area contributed by atoms with Gasteiger partial charge in [-0.25, -0.2) is 0 Å². The molecule has 1 aromatic rings. The van der Waals surface area contributed by atoms with E-state index in [0.717, 1.165) is 23.7 Å². The Bertz CT molecular complexity index is 345. The molecule has 4 heteroatoms. The maximum absolute atomic E-state index is 8.85. The first-order chi connectivity index (χ1) is 7.76. The number of hydrogen-bond acceptors (Lipinski definition) is 3. The zero-order valence-electron chi connectivity index (χ0n) is 9.24. The molecular weight excluding hydrogens is 240 g/mol. The third-order valence-corrected chi connectivity index (χ3v) is 3.39. The van der Waals surface area contributed by atoms with Gasteiger partial charge >= 0.3 is 0 Å². The van der Waals surface area contributed by atoms with Gasteiger partial charge in [-0.2, -0.15) is 5.26 Å². The SMILES string of the molecule is CCNC(C#N)CCSc1ccc(Cl)cc1. The highest BCUT2D eigenvalue weighted by Crippen LogP contribution is 2.21. The highest BCUT2D eigenvalue weighted by Gasteiger charge is 2.04. The molecule has 1 unspecified atom stereocenters. The van der Waals surface area contributed by atoms with Gasteiger partial charge in [-0.05, 0) is 37.2 Å². The molecule has 2 nitrogen and oxygen atoms in total. The lowest BCUT2D eigenvalue weighted by atomic mass is 10.2. The molecule has 0 radical (unpaired) electrons. The van der Waals surface area contributed by atoms with E-state index in [0.29, 0.717) is 0 Å². The van der Waals surface area contributed by atoms with Gasteiger partial charge in [0.25, 0.3) is 0 Å². The monoisotopic (exact) mass is 254 g/mol. The highest BCUT2D eigenvalue weighted by atomic mass is 35.5. The van der Waals surface area contributed by atoms with Crippen LogP contribution in [-0.4, -0.2) is 18.3 Å². The number of nitriles is 1. The van der Waals surface area contributed by atoms with E-state index in [-0.39, 0.29) is 6.04 Å². The average Bonchev–Trinajstić information content (AvgIpc) is 2.30. The predicted molar refractivity (Wildman–Crippen MR) is 69.9 cm³/mol. The summed E-state index contributed by atoms with van der Waals surface area (Å²) in [6, 6.07) is 9.99. The van der Waals surface area contributed by atoms with Crippen LogP contribution in [0.3, 0.4) is 0 Å². The Hall–Kier alpha value is -0.690. The van der Waals surface area contributed by atoms with Crippen LogP contribution in [0.1, 0.15) is 13.3 Å². The Morgan fingerprint density at radius 2 is 2.12 bits per heavy atom. The molecule has 16 heavy (non-hydrogen) atoms. The van der Waals surface area contributed by atoms with Crippen molar-refractivity contribution in [2.24, 2.45) is 0 Å². The first-order valence-corrected chi connectivity index (χ1v) is 6.64. The molecule has 0 saturated heterocycles. The fourth-order valence-corrected chi connectivity index (χ4v) is 2.33. The van der Waals surface area contributed by atoms with Crippen molar-refractivity contribution in [1.29, 1.82) is 5.26 Å². The van der Waals surface area contributed by atoms with Crippen molar-refractivity contribution in [2.75, 3.05) is 12.3 Å². The summed E-state index contributed by atoms with van der Waals surface area (Å²) < 4.78 is 0. The number of rotatable bonds is 6. The van der Waals surface area contributed by atoms with E-state index in [1.165, 1.54) is 4.90 Å². The minimum atomic E-state index is -0.0372. The van der Waals surface area contributed by atoms with Crippen LogP contribution in [0.4, 0.5) is 0 Å². The Balaban J connectivity index is 2.30. The number of hydrogen-bond donors (Lipinski definition) is 1. The molecule has 1 rings (SSSR count). The summed E-state index contributed by atoms with van der Waals surface area (Å²) in [6.07, 6.45) is 0.859. The highest BCUT2D eigenvalue weighted by molar-refractivity contribution is 7.99. The molecule has 0 aliphatic carbocycles. The molecule has 86 valence electrons. The molecule has 0 heterocycles. The van der Waals surface area contributed by atoms with Crippen molar-refractivity contribution in [2.45, 2.75) is 24.3 Å². The summed E-state index contributed by atoms with van der Waals surface area (Å²) >= 11 is 7.55. The molecule has 0 aliphatic rings. The summed E-state index contributed by atoms with van der Waals surface area (Å²) in [5.41, 5.74) is 0. The first-order valence-electron chi connectivity index (χ1n) is 5.27. The maximum atomic E-state index is 8.85. The van der Waals surface area contributed by atoms with E-state index >= 15 is 0 Å². The van der Waals surface area contributed by atoms with Gasteiger partial charge in [-0.15, -0.1) is 11.8 Å². The number of nitrogens with one attached hydrogen (secondary N) is 1. The Labute approximate surface area is 106 Å². The molecular formula is C12H15ClN2S.